The largest absolute Gasteiger partial charge is 0.353 e. The Morgan fingerprint density at radius 2 is 2.21 bits per heavy atom. The highest BCUT2D eigenvalue weighted by atomic mass is 16.2. The predicted octanol–water partition coefficient (Wildman–Crippen LogP) is 0.264. The highest BCUT2D eigenvalue weighted by Crippen LogP contribution is 2.35. The lowest BCUT2D eigenvalue weighted by molar-refractivity contribution is -0.125. The lowest BCUT2D eigenvalue weighted by Crippen LogP contribution is -2.46. The third kappa shape index (κ3) is 3.94. The van der Waals surface area contributed by atoms with E-state index in [-0.39, 0.29) is 11.9 Å². The van der Waals surface area contributed by atoms with E-state index >= 15 is 0 Å². The van der Waals surface area contributed by atoms with Crippen molar-refractivity contribution in [2.24, 2.45) is 5.92 Å². The van der Waals surface area contributed by atoms with Crippen LogP contribution in [0.2, 0.25) is 0 Å². The van der Waals surface area contributed by atoms with Gasteiger partial charge in [-0.25, -0.2) is 0 Å². The molecule has 3 rings (SSSR count). The van der Waals surface area contributed by atoms with Crippen molar-refractivity contribution in [1.82, 2.24) is 25.0 Å². The number of nitrogens with zero attached hydrogens (tertiary/aromatic N) is 4. The maximum atomic E-state index is 12.4. The number of hydrogen-bond acceptors (Lipinski definition) is 5. The van der Waals surface area contributed by atoms with Gasteiger partial charge in [0.1, 0.15) is 0 Å². The highest BCUT2D eigenvalue weighted by molar-refractivity contribution is 5.82. The summed E-state index contributed by atoms with van der Waals surface area (Å²) in [6.45, 7) is 4.60. The van der Waals surface area contributed by atoms with Gasteiger partial charge in [-0.15, -0.1) is 0 Å². The SMILES string of the molecule is CN(C)CCNC(=O)[C@@H]1C[C@H]2CN(Cc3ccccn3)C[C@H]2N1C. The van der Waals surface area contributed by atoms with Crippen molar-refractivity contribution in [2.75, 3.05) is 47.3 Å². The van der Waals surface area contributed by atoms with Crippen molar-refractivity contribution in [1.29, 1.82) is 0 Å². The van der Waals surface area contributed by atoms with E-state index in [1.54, 1.807) is 0 Å². The van der Waals surface area contributed by atoms with Crippen LogP contribution in [0.25, 0.3) is 0 Å². The summed E-state index contributed by atoms with van der Waals surface area (Å²) in [5, 5.41) is 3.08. The van der Waals surface area contributed by atoms with Gasteiger partial charge in [-0.05, 0) is 45.6 Å². The van der Waals surface area contributed by atoms with E-state index in [0.717, 1.165) is 44.8 Å². The van der Waals surface area contributed by atoms with Crippen LogP contribution in [0.15, 0.2) is 24.4 Å². The van der Waals surface area contributed by atoms with Crippen molar-refractivity contribution in [3.05, 3.63) is 30.1 Å². The molecule has 6 nitrogen and oxygen atoms in total. The number of pyridine rings is 1. The Kier molecular flexibility index (Phi) is 5.48. The first-order valence-corrected chi connectivity index (χ1v) is 8.81. The van der Waals surface area contributed by atoms with Gasteiger partial charge in [0.2, 0.25) is 5.91 Å². The van der Waals surface area contributed by atoms with Crippen molar-refractivity contribution in [3.63, 3.8) is 0 Å². The molecule has 3 heterocycles. The minimum atomic E-state index is 0.0270. The Hall–Kier alpha value is -1.50. The first-order chi connectivity index (χ1) is 11.5. The van der Waals surface area contributed by atoms with Crippen LogP contribution in [0.1, 0.15) is 12.1 Å². The molecule has 2 aliphatic rings. The van der Waals surface area contributed by atoms with E-state index in [0.29, 0.717) is 12.0 Å². The lowest BCUT2D eigenvalue weighted by Gasteiger charge is -2.26. The Balaban J connectivity index is 1.50. The van der Waals surface area contributed by atoms with Gasteiger partial charge in [0.15, 0.2) is 0 Å². The minimum Gasteiger partial charge on any atom is -0.353 e. The standard InChI is InChI=1S/C18H29N5O/c1-21(2)9-8-20-18(24)16-10-14-11-23(13-17(14)22(16)3)12-15-6-4-5-7-19-15/h4-7,14,16-17H,8-13H2,1-3H3,(H,20,24)/t14-,16-,17+/m0/s1. The van der Waals surface area contributed by atoms with E-state index < -0.39 is 0 Å². The Morgan fingerprint density at radius 1 is 1.38 bits per heavy atom. The van der Waals surface area contributed by atoms with Gasteiger partial charge in [-0.3, -0.25) is 19.6 Å². The summed E-state index contributed by atoms with van der Waals surface area (Å²) >= 11 is 0. The maximum absolute atomic E-state index is 12.4. The molecule has 0 spiro atoms. The number of likely N-dealkylation sites (N-methyl/N-ethyl adjacent to an activating group) is 2. The Labute approximate surface area is 144 Å². The van der Waals surface area contributed by atoms with Gasteiger partial charge < -0.3 is 10.2 Å². The number of aromatic nitrogens is 1. The topological polar surface area (TPSA) is 51.7 Å². The molecule has 0 aliphatic carbocycles. The number of amides is 1. The molecule has 1 aromatic rings. The Bertz CT molecular complexity index is 550. The summed E-state index contributed by atoms with van der Waals surface area (Å²) in [7, 11) is 6.15. The van der Waals surface area contributed by atoms with Crippen molar-refractivity contribution < 1.29 is 4.79 Å². The van der Waals surface area contributed by atoms with Crippen LogP contribution in [0.3, 0.4) is 0 Å². The Morgan fingerprint density at radius 3 is 2.88 bits per heavy atom. The van der Waals surface area contributed by atoms with E-state index in [1.807, 2.05) is 32.4 Å². The zero-order valence-corrected chi connectivity index (χ0v) is 15.0. The predicted molar refractivity (Wildman–Crippen MR) is 94.5 cm³/mol. The first-order valence-electron chi connectivity index (χ1n) is 8.81. The molecular formula is C18H29N5O. The molecule has 1 aromatic heterocycles. The van der Waals surface area contributed by atoms with Gasteiger partial charge in [-0.1, -0.05) is 6.07 Å². The van der Waals surface area contributed by atoms with Crippen molar-refractivity contribution >= 4 is 5.91 Å². The third-order valence-electron chi connectivity index (χ3n) is 5.30. The molecule has 2 fully saturated rings. The monoisotopic (exact) mass is 331 g/mol. The molecule has 1 N–H and O–H groups in total. The normalized spacial score (nSPS) is 27.6. The minimum absolute atomic E-state index is 0.0270. The smallest absolute Gasteiger partial charge is 0.237 e. The van der Waals surface area contributed by atoms with Gasteiger partial charge in [-0.2, -0.15) is 0 Å². The number of likely N-dealkylation sites (tertiary alicyclic amines) is 2. The second-order valence-electron chi connectivity index (χ2n) is 7.35. The lowest BCUT2D eigenvalue weighted by atomic mass is 10.0. The molecule has 6 heteroatoms. The number of nitrogens with one attached hydrogen (secondary N) is 1. The number of fused-ring (bicyclic) bond motifs is 1. The number of carbonyl (C=O) groups excluding carboxylic acids is 1. The quantitative estimate of drug-likeness (QED) is 0.811. The molecule has 0 radical (unpaired) electrons. The van der Waals surface area contributed by atoms with Gasteiger partial charge >= 0.3 is 0 Å². The molecule has 0 bridgehead atoms. The summed E-state index contributed by atoms with van der Waals surface area (Å²) in [6.07, 6.45) is 2.82. The van der Waals surface area contributed by atoms with E-state index in [4.69, 9.17) is 0 Å². The second kappa shape index (κ2) is 7.59. The molecule has 2 saturated heterocycles. The van der Waals surface area contributed by atoms with Crippen LogP contribution < -0.4 is 5.32 Å². The average molecular weight is 331 g/mol. The first kappa shape index (κ1) is 17.3. The molecule has 0 saturated carbocycles. The molecule has 2 aliphatic heterocycles. The third-order valence-corrected chi connectivity index (χ3v) is 5.30. The summed E-state index contributed by atoms with van der Waals surface area (Å²) in [5.41, 5.74) is 1.12. The average Bonchev–Trinajstić information content (AvgIpc) is 3.07. The van der Waals surface area contributed by atoms with Crippen LogP contribution >= 0.6 is 0 Å². The van der Waals surface area contributed by atoms with Crippen LogP contribution in [-0.2, 0) is 11.3 Å². The maximum Gasteiger partial charge on any atom is 0.237 e. The molecule has 0 unspecified atom stereocenters. The van der Waals surface area contributed by atoms with Gasteiger partial charge in [0, 0.05) is 45.0 Å². The van der Waals surface area contributed by atoms with Crippen LogP contribution in [-0.4, -0.2) is 85.0 Å². The van der Waals surface area contributed by atoms with Gasteiger partial charge in [0.05, 0.1) is 11.7 Å². The molecule has 24 heavy (non-hydrogen) atoms. The summed E-state index contributed by atoms with van der Waals surface area (Å²) in [4.78, 5) is 23.7. The molecule has 1 amide bonds. The van der Waals surface area contributed by atoms with E-state index in [2.05, 4.69) is 38.1 Å². The zero-order chi connectivity index (χ0) is 17.1. The van der Waals surface area contributed by atoms with E-state index in [9.17, 15) is 4.79 Å². The molecule has 0 aromatic carbocycles. The zero-order valence-electron chi connectivity index (χ0n) is 15.0. The van der Waals surface area contributed by atoms with Crippen LogP contribution in [0, 0.1) is 5.92 Å². The second-order valence-corrected chi connectivity index (χ2v) is 7.35. The fourth-order valence-electron chi connectivity index (χ4n) is 3.98. The summed E-state index contributed by atoms with van der Waals surface area (Å²) in [5.74, 6) is 0.772. The van der Waals surface area contributed by atoms with Gasteiger partial charge in [0.25, 0.3) is 0 Å². The summed E-state index contributed by atoms with van der Waals surface area (Å²) < 4.78 is 0. The summed E-state index contributed by atoms with van der Waals surface area (Å²) in [6, 6.07) is 6.59. The number of carbonyl (C=O) groups is 1. The fourth-order valence-corrected chi connectivity index (χ4v) is 3.98. The van der Waals surface area contributed by atoms with Crippen molar-refractivity contribution in [2.45, 2.75) is 25.0 Å². The van der Waals surface area contributed by atoms with E-state index in [1.165, 1.54) is 0 Å². The highest BCUT2D eigenvalue weighted by Gasteiger charge is 2.46. The van der Waals surface area contributed by atoms with Crippen LogP contribution in [0.4, 0.5) is 0 Å². The van der Waals surface area contributed by atoms with Crippen LogP contribution in [0.5, 0.6) is 0 Å². The molecule has 132 valence electrons. The number of rotatable bonds is 6. The fraction of sp³-hybridized carbons (Fsp3) is 0.667. The molecular weight excluding hydrogens is 302 g/mol. The molecule has 3 atom stereocenters. The van der Waals surface area contributed by atoms with Crippen molar-refractivity contribution in [3.8, 4) is 0 Å². The number of hydrogen-bond donors (Lipinski definition) is 1.